The quantitative estimate of drug-likeness (QED) is 0.910. The minimum Gasteiger partial charge on any atom is -0.374 e. The van der Waals surface area contributed by atoms with Gasteiger partial charge in [-0.1, -0.05) is 0 Å². The van der Waals surface area contributed by atoms with Crippen molar-refractivity contribution in [2.45, 2.75) is 25.6 Å². The predicted octanol–water partition coefficient (Wildman–Crippen LogP) is 2.84. The maximum atomic E-state index is 13.1. The number of benzene rings is 1. The van der Waals surface area contributed by atoms with E-state index in [1.54, 1.807) is 22.7 Å². The molecule has 1 aromatic heterocycles. The second-order valence-electron chi connectivity index (χ2n) is 6.11. The highest BCUT2D eigenvalue weighted by Crippen LogP contribution is 2.34. The Labute approximate surface area is 147 Å². The van der Waals surface area contributed by atoms with Gasteiger partial charge < -0.3 is 5.32 Å². The molecule has 3 rings (SSSR count). The summed E-state index contributed by atoms with van der Waals surface area (Å²) in [6.07, 6.45) is -4.19. The zero-order chi connectivity index (χ0) is 19.1. The van der Waals surface area contributed by atoms with E-state index < -0.39 is 23.3 Å². The third kappa shape index (κ3) is 3.22. The fourth-order valence-corrected chi connectivity index (χ4v) is 3.06. The van der Waals surface area contributed by atoms with Crippen molar-refractivity contribution in [2.24, 2.45) is 7.05 Å². The number of carbonyl (C=O) groups is 1. The first-order valence-electron chi connectivity index (χ1n) is 7.90. The summed E-state index contributed by atoms with van der Waals surface area (Å²) >= 11 is 0. The molecule has 1 N–H and O–H groups in total. The van der Waals surface area contributed by atoms with Crippen molar-refractivity contribution in [2.75, 3.05) is 16.8 Å². The Kier molecular flexibility index (Phi) is 4.36. The minimum absolute atomic E-state index is 0.151. The Balaban J connectivity index is 1.81. The molecule has 1 saturated heterocycles. The van der Waals surface area contributed by atoms with Crippen molar-refractivity contribution >= 4 is 17.4 Å². The molecule has 6 nitrogen and oxygen atoms in total. The van der Waals surface area contributed by atoms with Gasteiger partial charge in [-0.2, -0.15) is 23.5 Å². The predicted molar refractivity (Wildman–Crippen MR) is 88.5 cm³/mol. The summed E-state index contributed by atoms with van der Waals surface area (Å²) in [4.78, 5) is 14.2. The second kappa shape index (κ2) is 6.37. The summed E-state index contributed by atoms with van der Waals surface area (Å²) in [5.41, 5.74) is -0.548. The van der Waals surface area contributed by atoms with Gasteiger partial charge in [0.1, 0.15) is 11.9 Å². The smallest absolute Gasteiger partial charge is 0.374 e. The number of carbonyl (C=O) groups excluding carboxylic acids is 1. The summed E-state index contributed by atoms with van der Waals surface area (Å²) in [7, 11) is 1.73. The average Bonchev–Trinajstić information content (AvgIpc) is 3.08. The van der Waals surface area contributed by atoms with Crippen LogP contribution in [0.1, 0.15) is 23.2 Å². The maximum Gasteiger partial charge on any atom is 0.417 e. The van der Waals surface area contributed by atoms with Crippen LogP contribution in [0.3, 0.4) is 0 Å². The van der Waals surface area contributed by atoms with E-state index in [0.29, 0.717) is 18.8 Å². The monoisotopic (exact) mass is 363 g/mol. The Morgan fingerprint density at radius 3 is 2.65 bits per heavy atom. The van der Waals surface area contributed by atoms with E-state index in [1.165, 1.54) is 12.1 Å². The number of amides is 1. The number of rotatable bonds is 3. The molecule has 1 unspecified atom stereocenters. The van der Waals surface area contributed by atoms with E-state index in [0.717, 1.165) is 17.8 Å². The molecule has 1 amide bonds. The molecule has 1 fully saturated rings. The molecule has 0 aliphatic carbocycles. The number of hydrogen-bond acceptors (Lipinski definition) is 4. The summed E-state index contributed by atoms with van der Waals surface area (Å²) < 4.78 is 40.8. The Morgan fingerprint density at radius 1 is 1.35 bits per heavy atom. The van der Waals surface area contributed by atoms with Gasteiger partial charge >= 0.3 is 6.18 Å². The molecule has 0 radical (unpaired) electrons. The van der Waals surface area contributed by atoms with E-state index in [9.17, 15) is 18.0 Å². The van der Waals surface area contributed by atoms with Crippen LogP contribution < -0.4 is 10.2 Å². The molecule has 136 valence electrons. The lowest BCUT2D eigenvalue weighted by Crippen LogP contribution is -2.34. The largest absolute Gasteiger partial charge is 0.417 e. The van der Waals surface area contributed by atoms with Crippen LogP contribution in [-0.2, 0) is 18.0 Å². The molecule has 1 atom stereocenters. The topological polar surface area (TPSA) is 74.0 Å². The Bertz CT molecular complexity index is 897. The number of nitrogens with zero attached hydrogens (tertiary/aromatic N) is 4. The van der Waals surface area contributed by atoms with Crippen LogP contribution in [0.2, 0.25) is 0 Å². The van der Waals surface area contributed by atoms with Crippen LogP contribution in [-0.4, -0.2) is 28.3 Å². The summed E-state index contributed by atoms with van der Waals surface area (Å²) in [6, 6.07) is 6.02. The van der Waals surface area contributed by atoms with Gasteiger partial charge in [0, 0.05) is 25.3 Å². The maximum absolute atomic E-state index is 13.1. The number of nitrogens with one attached hydrogen (secondary N) is 1. The number of anilines is 2. The van der Waals surface area contributed by atoms with Crippen LogP contribution in [0, 0.1) is 18.3 Å². The molecule has 0 spiro atoms. The molecular formula is C17H16F3N5O. The van der Waals surface area contributed by atoms with E-state index in [1.807, 2.05) is 6.92 Å². The van der Waals surface area contributed by atoms with E-state index >= 15 is 0 Å². The average molecular weight is 363 g/mol. The molecule has 0 saturated carbocycles. The zero-order valence-electron chi connectivity index (χ0n) is 14.1. The second-order valence-corrected chi connectivity index (χ2v) is 6.11. The van der Waals surface area contributed by atoms with Gasteiger partial charge in [-0.15, -0.1) is 0 Å². The normalized spacial score (nSPS) is 17.5. The first-order chi connectivity index (χ1) is 12.2. The van der Waals surface area contributed by atoms with Gasteiger partial charge in [0.2, 0.25) is 0 Å². The van der Waals surface area contributed by atoms with Crippen LogP contribution in [0.15, 0.2) is 24.3 Å². The number of halogens is 3. The standard InChI is InChI=1S/C17H16F3N5O/c1-10-7-15(24(2)23-10)25-6-5-14(16(25)26)22-12-4-3-11(9-21)13(8-12)17(18,19)20/h3-4,7-8,14,22H,5-6H2,1-2H3. The molecule has 1 aliphatic rings. The van der Waals surface area contributed by atoms with Crippen molar-refractivity contribution in [1.29, 1.82) is 5.26 Å². The number of hydrogen-bond donors (Lipinski definition) is 1. The summed E-state index contributed by atoms with van der Waals surface area (Å²) in [6.45, 7) is 2.26. The lowest BCUT2D eigenvalue weighted by atomic mass is 10.1. The zero-order valence-corrected chi connectivity index (χ0v) is 14.1. The van der Waals surface area contributed by atoms with Gasteiger partial charge in [-0.05, 0) is 31.5 Å². The van der Waals surface area contributed by atoms with Crippen molar-refractivity contribution in [3.05, 3.63) is 41.1 Å². The fraction of sp³-hybridized carbons (Fsp3) is 0.353. The number of aromatic nitrogens is 2. The Hall–Kier alpha value is -3.02. The molecule has 0 bridgehead atoms. The van der Waals surface area contributed by atoms with Crippen molar-refractivity contribution in [3.63, 3.8) is 0 Å². The number of alkyl halides is 3. The van der Waals surface area contributed by atoms with Gasteiger partial charge in [0.25, 0.3) is 5.91 Å². The highest BCUT2D eigenvalue weighted by molar-refractivity contribution is 6.00. The molecule has 1 aliphatic heterocycles. The molecule has 9 heteroatoms. The van der Waals surface area contributed by atoms with Crippen LogP contribution in [0.4, 0.5) is 24.7 Å². The van der Waals surface area contributed by atoms with E-state index in [4.69, 9.17) is 5.26 Å². The van der Waals surface area contributed by atoms with Crippen LogP contribution in [0.25, 0.3) is 0 Å². The third-order valence-electron chi connectivity index (χ3n) is 4.25. The van der Waals surface area contributed by atoms with Gasteiger partial charge in [-0.3, -0.25) is 14.4 Å². The molecule has 26 heavy (non-hydrogen) atoms. The fourth-order valence-electron chi connectivity index (χ4n) is 3.06. The summed E-state index contributed by atoms with van der Waals surface area (Å²) in [5, 5.41) is 15.9. The number of nitriles is 1. The molecule has 2 aromatic rings. The lowest BCUT2D eigenvalue weighted by molar-refractivity contribution is -0.137. The van der Waals surface area contributed by atoms with Crippen LogP contribution in [0.5, 0.6) is 0 Å². The van der Waals surface area contributed by atoms with E-state index in [-0.39, 0.29) is 11.6 Å². The van der Waals surface area contributed by atoms with Gasteiger partial charge in [0.05, 0.1) is 22.9 Å². The Morgan fingerprint density at radius 2 is 2.08 bits per heavy atom. The van der Waals surface area contributed by atoms with Gasteiger partial charge in [0.15, 0.2) is 0 Å². The molecule has 2 heterocycles. The van der Waals surface area contributed by atoms with Crippen molar-refractivity contribution in [3.8, 4) is 6.07 Å². The lowest BCUT2D eigenvalue weighted by Gasteiger charge is -2.18. The molecular weight excluding hydrogens is 347 g/mol. The highest BCUT2D eigenvalue weighted by atomic mass is 19.4. The number of aryl methyl sites for hydroxylation is 2. The van der Waals surface area contributed by atoms with E-state index in [2.05, 4.69) is 10.4 Å². The highest BCUT2D eigenvalue weighted by Gasteiger charge is 2.36. The SMILES string of the molecule is Cc1cc(N2CCC(Nc3ccc(C#N)c(C(F)(F)F)c3)C2=O)n(C)n1. The summed E-state index contributed by atoms with van der Waals surface area (Å²) in [5.74, 6) is 0.415. The van der Waals surface area contributed by atoms with Crippen LogP contribution >= 0.6 is 0 Å². The molecule has 1 aromatic carbocycles. The first kappa shape index (κ1) is 17.8. The first-order valence-corrected chi connectivity index (χ1v) is 7.90. The van der Waals surface area contributed by atoms with Crippen molar-refractivity contribution in [1.82, 2.24) is 9.78 Å². The third-order valence-corrected chi connectivity index (χ3v) is 4.25. The van der Waals surface area contributed by atoms with Gasteiger partial charge in [-0.25, -0.2) is 0 Å². The minimum atomic E-state index is -4.64. The van der Waals surface area contributed by atoms with Crippen molar-refractivity contribution < 1.29 is 18.0 Å².